The van der Waals surface area contributed by atoms with Gasteiger partial charge < -0.3 is 14.4 Å². The molecule has 0 atom stereocenters. The largest absolute Gasteiger partial charge is 0.501 e. The summed E-state index contributed by atoms with van der Waals surface area (Å²) in [5.74, 6) is 0. The van der Waals surface area contributed by atoms with Crippen LogP contribution < -0.4 is 0 Å². The van der Waals surface area contributed by atoms with E-state index in [9.17, 15) is 0 Å². The average Bonchev–Trinajstić information content (AvgIpc) is 3.58. The molecule has 0 aliphatic rings. The van der Waals surface area contributed by atoms with Crippen molar-refractivity contribution >= 4 is 32.8 Å². The molecule has 0 amide bonds. The van der Waals surface area contributed by atoms with Gasteiger partial charge in [-0.25, -0.2) is 0 Å². The predicted octanol–water partition coefficient (Wildman–Crippen LogP) is 11.7. The van der Waals surface area contributed by atoms with E-state index in [1.54, 1.807) is 36.4 Å². The predicted molar refractivity (Wildman–Crippen MR) is 203 cm³/mol. The standard InChI is InChI=1S/C32H27N2O.C13H12N.Ir/c1-19-15-27-21(13-14-30(34-27)32(3,4)5)16-25(19)26-17-28(33-18-20(26)2)24-11-8-10-23-22-9-6-7-12-29(22)35-31(23)24;1-10-3-6-12(7-4-10)13-8-5-11(2)9-14-13;/h6-10,12-18H,1-5H3;3-6,8-9H,1-2H3;/q2*-1;/i2*1D3,2D3;. The summed E-state index contributed by atoms with van der Waals surface area (Å²) in [6, 6.07) is 33.7. The zero-order chi connectivity index (χ0) is 44.3. The first-order chi connectivity index (χ1) is 28.4. The Labute approximate surface area is 324 Å². The first kappa shape index (κ1) is 22.7. The fourth-order valence-electron chi connectivity index (χ4n) is 5.64. The fraction of sp³-hybridized carbons (Fsp3) is 0.178. The Kier molecular flexibility index (Phi) is 6.40. The third-order valence-electron chi connectivity index (χ3n) is 8.24. The topological polar surface area (TPSA) is 51.8 Å². The van der Waals surface area contributed by atoms with Crippen molar-refractivity contribution in [2.75, 3.05) is 0 Å². The molecule has 0 aliphatic heterocycles. The third-order valence-corrected chi connectivity index (χ3v) is 8.24. The van der Waals surface area contributed by atoms with E-state index in [1.807, 2.05) is 63.2 Å². The fourth-order valence-corrected chi connectivity index (χ4v) is 5.64. The summed E-state index contributed by atoms with van der Waals surface area (Å²) in [7, 11) is 0. The Hall–Kier alpha value is -4.96. The van der Waals surface area contributed by atoms with Gasteiger partial charge in [-0.2, -0.15) is 0 Å². The number of benzene rings is 4. The van der Waals surface area contributed by atoms with Crippen molar-refractivity contribution in [1.29, 1.82) is 0 Å². The average molecular weight is 842 g/mol. The summed E-state index contributed by atoms with van der Waals surface area (Å²) in [5, 5.41) is 2.53. The number of fused-ring (bicyclic) bond motifs is 4. The molecule has 4 nitrogen and oxygen atoms in total. The molecule has 8 rings (SSSR count). The Morgan fingerprint density at radius 2 is 1.50 bits per heavy atom. The first-order valence-corrected chi connectivity index (χ1v) is 15.7. The maximum atomic E-state index is 8.36. The van der Waals surface area contributed by atoms with Gasteiger partial charge in [0, 0.05) is 70.8 Å². The van der Waals surface area contributed by atoms with Gasteiger partial charge in [-0.05, 0) is 84.0 Å². The minimum absolute atomic E-state index is 0. The van der Waals surface area contributed by atoms with Crippen LogP contribution >= 0.6 is 0 Å². The van der Waals surface area contributed by atoms with Crippen LogP contribution in [0.4, 0.5) is 0 Å². The van der Waals surface area contributed by atoms with E-state index < -0.39 is 27.4 Å². The van der Waals surface area contributed by atoms with E-state index >= 15 is 0 Å². The molecule has 4 aromatic heterocycles. The Morgan fingerprint density at radius 1 is 0.700 bits per heavy atom. The van der Waals surface area contributed by atoms with Crippen LogP contribution in [0.15, 0.2) is 114 Å². The molecule has 0 saturated heterocycles. The zero-order valence-corrected chi connectivity index (χ0v) is 29.9. The molecule has 0 bridgehead atoms. The van der Waals surface area contributed by atoms with Crippen LogP contribution in [0.5, 0.6) is 0 Å². The van der Waals surface area contributed by atoms with Crippen LogP contribution in [-0.4, -0.2) is 15.0 Å². The number of aryl methyl sites for hydroxylation is 4. The summed E-state index contributed by atoms with van der Waals surface area (Å²) in [5.41, 5.74) is 5.52. The van der Waals surface area contributed by atoms with Crippen LogP contribution in [0.3, 0.4) is 0 Å². The molecular formula is C45H39IrN3O-2. The van der Waals surface area contributed by atoms with Gasteiger partial charge in [-0.3, -0.25) is 4.98 Å². The van der Waals surface area contributed by atoms with Gasteiger partial charge in [0.05, 0.1) is 11.1 Å². The van der Waals surface area contributed by atoms with Gasteiger partial charge in [-0.15, -0.1) is 53.6 Å². The minimum atomic E-state index is -2.54. The van der Waals surface area contributed by atoms with Crippen molar-refractivity contribution in [2.24, 2.45) is 0 Å². The maximum absolute atomic E-state index is 8.36. The van der Waals surface area contributed by atoms with Crippen molar-refractivity contribution in [3.8, 4) is 33.6 Å². The molecule has 251 valence electrons. The number of hydrogen-bond donors (Lipinski definition) is 0. The van der Waals surface area contributed by atoms with Gasteiger partial charge in [-0.1, -0.05) is 81.0 Å². The number of nitrogens with zero attached hydrogens (tertiary/aromatic N) is 3. The second-order valence-electron chi connectivity index (χ2n) is 12.8. The van der Waals surface area contributed by atoms with Crippen LogP contribution in [0, 0.1) is 39.5 Å². The maximum Gasteiger partial charge on any atom is 0.120 e. The van der Waals surface area contributed by atoms with Crippen molar-refractivity contribution in [3.05, 3.63) is 150 Å². The summed E-state index contributed by atoms with van der Waals surface area (Å²) >= 11 is 0. The first-order valence-electron chi connectivity index (χ1n) is 21.7. The molecule has 8 aromatic rings. The Bertz CT molecular complexity index is 2840. The number of aromatic nitrogens is 3. The van der Waals surface area contributed by atoms with Crippen LogP contribution in [0.25, 0.3) is 66.5 Å². The minimum Gasteiger partial charge on any atom is -0.501 e. The molecule has 0 aliphatic carbocycles. The van der Waals surface area contributed by atoms with Crippen molar-refractivity contribution < 1.29 is 41.0 Å². The number of para-hydroxylation sites is 1. The van der Waals surface area contributed by atoms with E-state index in [-0.39, 0.29) is 53.3 Å². The van der Waals surface area contributed by atoms with E-state index in [1.165, 1.54) is 30.6 Å². The summed E-state index contributed by atoms with van der Waals surface area (Å²) < 4.78 is 99.6. The normalized spacial score (nSPS) is 15.9. The van der Waals surface area contributed by atoms with E-state index in [0.29, 0.717) is 50.1 Å². The molecule has 1 radical (unpaired) electrons. The summed E-state index contributed by atoms with van der Waals surface area (Å²) in [6.45, 7) is -3.27. The van der Waals surface area contributed by atoms with Crippen LogP contribution in [0.1, 0.15) is 65.2 Å². The van der Waals surface area contributed by atoms with E-state index in [4.69, 9.17) is 25.9 Å². The van der Waals surface area contributed by atoms with E-state index in [2.05, 4.69) is 22.1 Å². The molecule has 5 heteroatoms. The van der Waals surface area contributed by atoms with Crippen molar-refractivity contribution in [2.45, 2.75) is 53.6 Å². The molecule has 50 heavy (non-hydrogen) atoms. The van der Waals surface area contributed by atoms with Crippen LogP contribution in [0.2, 0.25) is 0 Å². The van der Waals surface area contributed by atoms with Gasteiger partial charge >= 0.3 is 0 Å². The number of furan rings is 1. The number of hydrogen-bond acceptors (Lipinski definition) is 4. The number of rotatable bonds is 3. The SMILES string of the molecule is [2H]C([2H])([2H])c1c[c-]c(-c2ccc(C([2H])([2H])[2H])cn2)cc1.[2H]C([2H])([2H])c1cnc(-c2[c-]ccc3c2oc2ccccc23)cc1-c1cc2ccc(C(C)(C)C)nc2cc1C([2H])([2H])[2H].[Ir]. The van der Waals surface area contributed by atoms with Gasteiger partial charge in [0.15, 0.2) is 0 Å². The molecular weight excluding hydrogens is 791 g/mol. The quantitative estimate of drug-likeness (QED) is 0.166. The molecule has 0 saturated carbocycles. The number of pyridine rings is 3. The van der Waals surface area contributed by atoms with Crippen LogP contribution in [-0.2, 0) is 25.5 Å². The smallest absolute Gasteiger partial charge is 0.120 e. The monoisotopic (exact) mass is 842 g/mol. The molecule has 4 aromatic carbocycles. The third kappa shape index (κ3) is 7.03. The van der Waals surface area contributed by atoms with Gasteiger partial charge in [0.2, 0.25) is 0 Å². The molecule has 0 N–H and O–H groups in total. The second kappa shape index (κ2) is 14.1. The Morgan fingerprint density at radius 3 is 2.24 bits per heavy atom. The van der Waals surface area contributed by atoms with Crippen molar-refractivity contribution in [3.63, 3.8) is 0 Å². The molecule has 4 heterocycles. The van der Waals surface area contributed by atoms with E-state index in [0.717, 1.165) is 16.5 Å². The Balaban J connectivity index is 0.000000258. The molecule has 0 fully saturated rings. The summed E-state index contributed by atoms with van der Waals surface area (Å²) in [4.78, 5) is 13.3. The van der Waals surface area contributed by atoms with Gasteiger partial charge in [0.25, 0.3) is 0 Å². The zero-order valence-electron chi connectivity index (χ0n) is 39.5. The van der Waals surface area contributed by atoms with Crippen molar-refractivity contribution in [1.82, 2.24) is 15.0 Å². The molecule has 0 unspecified atom stereocenters. The summed E-state index contributed by atoms with van der Waals surface area (Å²) in [6.07, 6.45) is 2.61. The molecule has 0 spiro atoms. The van der Waals surface area contributed by atoms with Gasteiger partial charge in [0.1, 0.15) is 5.58 Å². The second-order valence-corrected chi connectivity index (χ2v) is 12.8.